The number of anilines is 1. The second kappa shape index (κ2) is 8.55. The second-order valence-corrected chi connectivity index (χ2v) is 7.69. The van der Waals surface area contributed by atoms with Crippen LogP contribution in [0.25, 0.3) is 11.1 Å². The van der Waals surface area contributed by atoms with Gasteiger partial charge in [-0.15, -0.1) is 0 Å². The van der Waals surface area contributed by atoms with E-state index in [4.69, 9.17) is 16.6 Å². The molecule has 5 nitrogen and oxygen atoms in total. The van der Waals surface area contributed by atoms with Crippen molar-refractivity contribution in [2.45, 2.75) is 6.42 Å². The highest BCUT2D eigenvalue weighted by Gasteiger charge is 2.09. The highest BCUT2D eigenvalue weighted by Crippen LogP contribution is 2.18. The van der Waals surface area contributed by atoms with Gasteiger partial charge in [-0.3, -0.25) is 10.1 Å². The minimum atomic E-state index is -0.267. The fourth-order valence-electron chi connectivity index (χ4n) is 2.84. The monoisotopic (exact) mass is 465 g/mol. The maximum absolute atomic E-state index is 12.3. The van der Waals surface area contributed by atoms with E-state index in [-0.39, 0.29) is 11.0 Å². The SMILES string of the molecule is O=C(NC(=S)Nc1ccc(Cc2nc3ccccc3o2)cc1)c1cccc(Br)c1. The van der Waals surface area contributed by atoms with Crippen LogP contribution in [0, 0.1) is 0 Å². The summed E-state index contributed by atoms with van der Waals surface area (Å²) in [5, 5.41) is 5.93. The van der Waals surface area contributed by atoms with E-state index in [0.29, 0.717) is 17.9 Å². The van der Waals surface area contributed by atoms with Crippen LogP contribution in [-0.4, -0.2) is 16.0 Å². The molecule has 0 aliphatic carbocycles. The van der Waals surface area contributed by atoms with E-state index in [1.54, 1.807) is 18.2 Å². The van der Waals surface area contributed by atoms with Crippen LogP contribution in [0.4, 0.5) is 5.69 Å². The average molecular weight is 466 g/mol. The van der Waals surface area contributed by atoms with Crippen molar-refractivity contribution in [3.63, 3.8) is 0 Å². The van der Waals surface area contributed by atoms with E-state index in [2.05, 4.69) is 31.5 Å². The Bertz CT molecular complexity index is 1160. The summed E-state index contributed by atoms with van der Waals surface area (Å²) in [6, 6.07) is 22.5. The lowest BCUT2D eigenvalue weighted by atomic mass is 10.1. The number of rotatable bonds is 4. The number of fused-ring (bicyclic) bond motifs is 1. The number of carbonyl (C=O) groups excluding carboxylic acids is 1. The summed E-state index contributed by atoms with van der Waals surface area (Å²) in [5.74, 6) is 0.403. The molecule has 4 rings (SSSR count). The zero-order chi connectivity index (χ0) is 20.2. The molecule has 0 saturated heterocycles. The van der Waals surface area contributed by atoms with Gasteiger partial charge in [0.25, 0.3) is 5.91 Å². The van der Waals surface area contributed by atoms with Crippen LogP contribution < -0.4 is 10.6 Å². The first kappa shape index (κ1) is 19.3. The number of amides is 1. The third-order valence-electron chi connectivity index (χ3n) is 4.22. The molecule has 0 radical (unpaired) electrons. The predicted molar refractivity (Wildman–Crippen MR) is 121 cm³/mol. The van der Waals surface area contributed by atoms with Crippen LogP contribution in [0.1, 0.15) is 21.8 Å². The first-order valence-corrected chi connectivity index (χ1v) is 10.1. The van der Waals surface area contributed by atoms with E-state index in [1.807, 2.05) is 54.6 Å². The topological polar surface area (TPSA) is 67.2 Å². The average Bonchev–Trinajstić information content (AvgIpc) is 3.11. The van der Waals surface area contributed by atoms with Crippen LogP contribution in [-0.2, 0) is 6.42 Å². The van der Waals surface area contributed by atoms with Crippen molar-refractivity contribution >= 4 is 56.0 Å². The Kier molecular flexibility index (Phi) is 5.69. The van der Waals surface area contributed by atoms with Crippen LogP contribution in [0.5, 0.6) is 0 Å². The van der Waals surface area contributed by atoms with Gasteiger partial charge in [0.1, 0.15) is 5.52 Å². The second-order valence-electron chi connectivity index (χ2n) is 6.37. The summed E-state index contributed by atoms with van der Waals surface area (Å²) >= 11 is 8.59. The number of nitrogens with zero attached hydrogens (tertiary/aromatic N) is 1. The normalized spacial score (nSPS) is 10.7. The van der Waals surface area contributed by atoms with Gasteiger partial charge in [0.15, 0.2) is 16.6 Å². The van der Waals surface area contributed by atoms with Gasteiger partial charge in [0, 0.05) is 22.1 Å². The Morgan fingerprint density at radius 1 is 1.03 bits per heavy atom. The van der Waals surface area contributed by atoms with Gasteiger partial charge >= 0.3 is 0 Å². The molecular weight excluding hydrogens is 450 g/mol. The fourth-order valence-corrected chi connectivity index (χ4v) is 3.45. The van der Waals surface area contributed by atoms with Crippen molar-refractivity contribution in [1.29, 1.82) is 0 Å². The first-order valence-electron chi connectivity index (χ1n) is 8.88. The molecule has 144 valence electrons. The van der Waals surface area contributed by atoms with Crippen molar-refractivity contribution in [1.82, 2.24) is 10.3 Å². The summed E-state index contributed by atoms with van der Waals surface area (Å²) in [6.07, 6.45) is 0.596. The molecule has 0 spiro atoms. The van der Waals surface area contributed by atoms with Crippen molar-refractivity contribution in [3.05, 3.63) is 94.3 Å². The lowest BCUT2D eigenvalue weighted by molar-refractivity contribution is 0.0977. The third kappa shape index (κ3) is 4.88. The molecule has 1 aromatic heterocycles. The van der Waals surface area contributed by atoms with Crippen LogP contribution >= 0.6 is 28.1 Å². The number of halogens is 1. The van der Waals surface area contributed by atoms with Crippen molar-refractivity contribution in [2.24, 2.45) is 0 Å². The van der Waals surface area contributed by atoms with Gasteiger partial charge in [0.2, 0.25) is 0 Å². The molecule has 29 heavy (non-hydrogen) atoms. The Labute approximate surface area is 181 Å². The molecule has 0 fully saturated rings. The summed E-state index contributed by atoms with van der Waals surface area (Å²) in [7, 11) is 0. The minimum Gasteiger partial charge on any atom is -0.440 e. The predicted octanol–water partition coefficient (Wildman–Crippen LogP) is 5.31. The van der Waals surface area contributed by atoms with Crippen LogP contribution in [0.2, 0.25) is 0 Å². The van der Waals surface area contributed by atoms with Gasteiger partial charge in [-0.2, -0.15) is 0 Å². The standard InChI is InChI=1S/C22H16BrN3O2S/c23-16-5-3-4-15(13-16)21(27)26-22(29)24-17-10-8-14(9-11-17)12-20-25-18-6-1-2-7-19(18)28-20/h1-11,13H,12H2,(H2,24,26,27,29). The Morgan fingerprint density at radius 3 is 2.59 bits per heavy atom. The summed E-state index contributed by atoms with van der Waals surface area (Å²) in [6.45, 7) is 0. The maximum Gasteiger partial charge on any atom is 0.257 e. The highest BCUT2D eigenvalue weighted by atomic mass is 79.9. The number of benzene rings is 3. The minimum absolute atomic E-state index is 0.238. The smallest absolute Gasteiger partial charge is 0.257 e. The van der Waals surface area contributed by atoms with E-state index < -0.39 is 0 Å². The molecule has 3 aromatic carbocycles. The quantitative estimate of drug-likeness (QED) is 0.399. The molecule has 2 N–H and O–H groups in total. The Morgan fingerprint density at radius 2 is 1.83 bits per heavy atom. The number of hydrogen-bond acceptors (Lipinski definition) is 4. The molecule has 1 amide bonds. The number of oxazole rings is 1. The summed E-state index contributed by atoms with van der Waals surface area (Å²) in [5.41, 5.74) is 4.01. The molecule has 4 aromatic rings. The number of aromatic nitrogens is 1. The number of hydrogen-bond donors (Lipinski definition) is 2. The lowest BCUT2D eigenvalue weighted by Crippen LogP contribution is -2.34. The van der Waals surface area contributed by atoms with E-state index in [1.165, 1.54) is 0 Å². The third-order valence-corrected chi connectivity index (χ3v) is 4.92. The molecule has 7 heteroatoms. The molecule has 0 unspecified atom stereocenters. The number of carbonyl (C=O) groups is 1. The van der Waals surface area contributed by atoms with E-state index >= 15 is 0 Å². The molecule has 0 bridgehead atoms. The molecule has 0 aliphatic rings. The number of para-hydroxylation sites is 2. The van der Waals surface area contributed by atoms with Gasteiger partial charge in [0.05, 0.1) is 0 Å². The van der Waals surface area contributed by atoms with Gasteiger partial charge in [-0.1, -0.05) is 46.3 Å². The zero-order valence-electron chi connectivity index (χ0n) is 15.2. The Balaban J connectivity index is 1.36. The molecule has 0 atom stereocenters. The first-order chi connectivity index (χ1) is 14.1. The summed E-state index contributed by atoms with van der Waals surface area (Å²) < 4.78 is 6.59. The molecule has 1 heterocycles. The van der Waals surface area contributed by atoms with Gasteiger partial charge in [-0.05, 0) is 60.2 Å². The highest BCUT2D eigenvalue weighted by molar-refractivity contribution is 9.10. The van der Waals surface area contributed by atoms with Crippen molar-refractivity contribution in [3.8, 4) is 0 Å². The largest absolute Gasteiger partial charge is 0.440 e. The maximum atomic E-state index is 12.3. The number of nitrogens with one attached hydrogen (secondary N) is 2. The van der Waals surface area contributed by atoms with Gasteiger partial charge < -0.3 is 9.73 Å². The molecular formula is C22H16BrN3O2S. The summed E-state index contributed by atoms with van der Waals surface area (Å²) in [4.78, 5) is 16.7. The fraction of sp³-hybridized carbons (Fsp3) is 0.0455. The van der Waals surface area contributed by atoms with Crippen molar-refractivity contribution < 1.29 is 9.21 Å². The molecule has 0 saturated carbocycles. The van der Waals surface area contributed by atoms with Crippen molar-refractivity contribution in [2.75, 3.05) is 5.32 Å². The van der Waals surface area contributed by atoms with E-state index in [0.717, 1.165) is 26.8 Å². The Hall–Kier alpha value is -3.03. The number of thiocarbonyl (C=S) groups is 1. The van der Waals surface area contributed by atoms with Crippen LogP contribution in [0.15, 0.2) is 81.7 Å². The van der Waals surface area contributed by atoms with Crippen LogP contribution in [0.3, 0.4) is 0 Å². The zero-order valence-corrected chi connectivity index (χ0v) is 17.6. The molecule has 0 aliphatic heterocycles. The van der Waals surface area contributed by atoms with E-state index in [9.17, 15) is 4.79 Å². The lowest BCUT2D eigenvalue weighted by Gasteiger charge is -2.10. The van der Waals surface area contributed by atoms with Gasteiger partial charge in [-0.25, -0.2) is 4.98 Å².